The second-order valence-electron chi connectivity index (χ2n) is 8.71. The Hall–Kier alpha value is -3.37. The zero-order valence-electron chi connectivity index (χ0n) is 18.7. The molecule has 2 heterocycles. The van der Waals surface area contributed by atoms with Gasteiger partial charge in [0.15, 0.2) is 0 Å². The third-order valence-electron chi connectivity index (χ3n) is 6.71. The van der Waals surface area contributed by atoms with Crippen LogP contribution in [0.3, 0.4) is 0 Å². The van der Waals surface area contributed by atoms with Crippen LogP contribution in [0.2, 0.25) is 0 Å². The van der Waals surface area contributed by atoms with Crippen molar-refractivity contribution >= 4 is 16.7 Å². The van der Waals surface area contributed by atoms with Gasteiger partial charge >= 0.3 is 0 Å². The first-order valence-corrected chi connectivity index (χ1v) is 11.3. The van der Waals surface area contributed by atoms with E-state index < -0.39 is 0 Å². The summed E-state index contributed by atoms with van der Waals surface area (Å²) in [6.45, 7) is 5.23. The average Bonchev–Trinajstić information content (AvgIpc) is 3.10. The summed E-state index contributed by atoms with van der Waals surface area (Å²) in [5.41, 5.74) is 6.95. The number of ketones is 1. The first-order chi connectivity index (χ1) is 15.6. The molecule has 0 fully saturated rings. The number of hydrogen-bond acceptors (Lipinski definition) is 2. The molecule has 0 saturated heterocycles. The highest BCUT2D eigenvalue weighted by atomic mass is 16.5. The van der Waals surface area contributed by atoms with Gasteiger partial charge in [-0.1, -0.05) is 54.6 Å². The lowest BCUT2D eigenvalue weighted by molar-refractivity contribution is -0.907. The van der Waals surface area contributed by atoms with Crippen molar-refractivity contribution in [3.05, 3.63) is 101 Å². The van der Waals surface area contributed by atoms with E-state index in [-0.39, 0.29) is 5.78 Å². The molecule has 0 aliphatic carbocycles. The number of hydrogen-bond donors (Lipinski definition) is 1. The summed E-state index contributed by atoms with van der Waals surface area (Å²) in [7, 11) is 1.67. The monoisotopic (exact) mass is 425 g/mol. The maximum Gasteiger partial charge on any atom is 0.219 e. The number of fused-ring (bicyclic) bond motifs is 2. The molecule has 162 valence electrons. The van der Waals surface area contributed by atoms with Crippen molar-refractivity contribution in [2.45, 2.75) is 26.4 Å². The Morgan fingerprint density at radius 2 is 1.75 bits per heavy atom. The van der Waals surface area contributed by atoms with E-state index in [0.29, 0.717) is 6.54 Å². The highest BCUT2D eigenvalue weighted by Crippen LogP contribution is 2.30. The molecule has 1 aliphatic heterocycles. The van der Waals surface area contributed by atoms with Gasteiger partial charge in [0.2, 0.25) is 5.78 Å². The average molecular weight is 426 g/mol. The number of quaternary nitrogens is 1. The van der Waals surface area contributed by atoms with Crippen LogP contribution in [0.4, 0.5) is 0 Å². The van der Waals surface area contributed by atoms with Crippen molar-refractivity contribution in [3.8, 4) is 5.75 Å². The van der Waals surface area contributed by atoms with E-state index in [1.807, 2.05) is 18.2 Å². The Morgan fingerprint density at radius 3 is 2.53 bits per heavy atom. The van der Waals surface area contributed by atoms with Crippen molar-refractivity contribution in [2.75, 3.05) is 20.2 Å². The minimum absolute atomic E-state index is 0.210. The molecule has 0 spiro atoms. The van der Waals surface area contributed by atoms with E-state index >= 15 is 0 Å². The summed E-state index contributed by atoms with van der Waals surface area (Å²) in [5.74, 6) is 0.990. The Labute approximate surface area is 189 Å². The molecule has 0 bridgehead atoms. The second kappa shape index (κ2) is 8.64. The summed E-state index contributed by atoms with van der Waals surface area (Å²) < 4.78 is 7.75. The van der Waals surface area contributed by atoms with Gasteiger partial charge in [0.05, 0.1) is 19.2 Å². The third kappa shape index (κ3) is 3.82. The van der Waals surface area contributed by atoms with Gasteiger partial charge in [0, 0.05) is 35.1 Å². The van der Waals surface area contributed by atoms with Crippen LogP contribution in [0, 0.1) is 6.92 Å². The lowest BCUT2D eigenvalue weighted by Gasteiger charge is -2.25. The molecule has 0 amide bonds. The third-order valence-corrected chi connectivity index (χ3v) is 6.71. The minimum atomic E-state index is 0.210. The van der Waals surface area contributed by atoms with Crippen LogP contribution in [-0.2, 0) is 19.5 Å². The number of rotatable bonds is 6. The molecule has 1 N–H and O–H groups in total. The predicted molar refractivity (Wildman–Crippen MR) is 128 cm³/mol. The number of methoxy groups -OCH3 is 1. The van der Waals surface area contributed by atoms with Crippen LogP contribution in [-0.4, -0.2) is 30.5 Å². The quantitative estimate of drug-likeness (QED) is 0.477. The maximum atomic E-state index is 13.7. The Kier molecular flexibility index (Phi) is 5.54. The number of Topliss-reactive ketones (excluding diaryl/α,β-unsaturated/α-hetero) is 1. The standard InChI is InChI=1S/C28H28N2O2/c1-20-28(27(31)19-29-15-14-22-10-6-7-11-23(22)18-29)25-16-24(32-2)12-13-26(25)30(20)17-21-8-4-3-5-9-21/h3-13,16H,14-15,17-19H2,1-2H3/p+1. The molecule has 0 saturated carbocycles. The van der Waals surface area contributed by atoms with E-state index in [0.717, 1.165) is 54.0 Å². The van der Waals surface area contributed by atoms with Crippen LogP contribution < -0.4 is 9.64 Å². The number of carbonyl (C=O) groups excluding carboxylic acids is 1. The Morgan fingerprint density at radius 1 is 1.00 bits per heavy atom. The van der Waals surface area contributed by atoms with Gasteiger partial charge < -0.3 is 14.2 Å². The van der Waals surface area contributed by atoms with Crippen molar-refractivity contribution in [3.63, 3.8) is 0 Å². The molecule has 1 aliphatic rings. The van der Waals surface area contributed by atoms with E-state index in [1.165, 1.54) is 21.6 Å². The summed E-state index contributed by atoms with van der Waals surface area (Å²) in [6.07, 6.45) is 1.03. The summed E-state index contributed by atoms with van der Waals surface area (Å²) in [4.78, 5) is 15.0. The summed E-state index contributed by atoms with van der Waals surface area (Å²) in [6, 6.07) is 25.1. The fraction of sp³-hybridized carbons (Fsp3) is 0.250. The molecule has 1 atom stereocenters. The van der Waals surface area contributed by atoms with E-state index in [1.54, 1.807) is 7.11 Å². The smallest absolute Gasteiger partial charge is 0.219 e. The SMILES string of the molecule is COc1ccc2c(c1)c(C(=O)C[NH+]1CCc3ccccc3C1)c(C)n2Cc1ccccc1. The molecule has 3 aromatic carbocycles. The van der Waals surface area contributed by atoms with Gasteiger partial charge in [-0.25, -0.2) is 0 Å². The van der Waals surface area contributed by atoms with Gasteiger partial charge in [-0.15, -0.1) is 0 Å². The first kappa shape index (κ1) is 20.5. The van der Waals surface area contributed by atoms with Crippen molar-refractivity contribution in [1.29, 1.82) is 0 Å². The summed E-state index contributed by atoms with van der Waals surface area (Å²) in [5, 5.41) is 0.986. The van der Waals surface area contributed by atoms with E-state index in [9.17, 15) is 4.79 Å². The Bertz CT molecular complexity index is 1270. The fourth-order valence-electron chi connectivity index (χ4n) is 5.02. The minimum Gasteiger partial charge on any atom is -0.497 e. The fourth-order valence-corrected chi connectivity index (χ4v) is 5.02. The molecular formula is C28H29N2O2+. The molecule has 5 rings (SSSR count). The number of carbonyl (C=O) groups is 1. The normalized spacial score (nSPS) is 15.5. The number of nitrogens with one attached hydrogen (secondary N) is 1. The van der Waals surface area contributed by atoms with Gasteiger partial charge in [-0.2, -0.15) is 0 Å². The van der Waals surface area contributed by atoms with Gasteiger partial charge in [-0.3, -0.25) is 4.79 Å². The largest absolute Gasteiger partial charge is 0.497 e. The molecular weight excluding hydrogens is 396 g/mol. The topological polar surface area (TPSA) is 35.7 Å². The lowest BCUT2D eigenvalue weighted by Crippen LogP contribution is -3.12. The van der Waals surface area contributed by atoms with Gasteiger partial charge in [0.1, 0.15) is 18.8 Å². The predicted octanol–water partition coefficient (Wildman–Crippen LogP) is 3.83. The first-order valence-electron chi connectivity index (χ1n) is 11.3. The zero-order valence-corrected chi connectivity index (χ0v) is 18.7. The van der Waals surface area contributed by atoms with Crippen LogP contribution in [0.1, 0.15) is 32.7 Å². The second-order valence-corrected chi connectivity index (χ2v) is 8.71. The highest BCUT2D eigenvalue weighted by molar-refractivity contribution is 6.10. The van der Waals surface area contributed by atoms with Crippen LogP contribution in [0.25, 0.3) is 10.9 Å². The van der Waals surface area contributed by atoms with Crippen molar-refractivity contribution < 1.29 is 14.4 Å². The Balaban J connectivity index is 1.50. The van der Waals surface area contributed by atoms with E-state index in [2.05, 4.69) is 66.1 Å². The van der Waals surface area contributed by atoms with Crippen LogP contribution in [0.15, 0.2) is 72.8 Å². The summed E-state index contributed by atoms with van der Waals surface area (Å²) >= 11 is 0. The van der Waals surface area contributed by atoms with Crippen LogP contribution >= 0.6 is 0 Å². The number of aromatic nitrogens is 1. The highest BCUT2D eigenvalue weighted by Gasteiger charge is 2.26. The van der Waals surface area contributed by atoms with Gasteiger partial charge in [0.25, 0.3) is 0 Å². The molecule has 4 aromatic rings. The molecule has 4 nitrogen and oxygen atoms in total. The maximum absolute atomic E-state index is 13.7. The van der Waals surface area contributed by atoms with E-state index in [4.69, 9.17) is 4.74 Å². The number of ether oxygens (including phenoxy) is 1. The molecule has 0 radical (unpaired) electrons. The molecule has 32 heavy (non-hydrogen) atoms. The molecule has 1 aromatic heterocycles. The lowest BCUT2D eigenvalue weighted by atomic mass is 9.99. The van der Waals surface area contributed by atoms with Crippen molar-refractivity contribution in [1.82, 2.24) is 4.57 Å². The molecule has 4 heteroatoms. The van der Waals surface area contributed by atoms with Gasteiger partial charge in [-0.05, 0) is 36.2 Å². The number of benzene rings is 3. The molecule has 1 unspecified atom stereocenters. The van der Waals surface area contributed by atoms with Crippen LogP contribution in [0.5, 0.6) is 5.75 Å². The zero-order chi connectivity index (χ0) is 22.1. The number of nitrogens with zero attached hydrogens (tertiary/aromatic N) is 1. The van der Waals surface area contributed by atoms with Crippen molar-refractivity contribution in [2.24, 2.45) is 0 Å².